The van der Waals surface area contributed by atoms with Crippen molar-refractivity contribution in [3.05, 3.63) is 12.2 Å². The lowest BCUT2D eigenvalue weighted by molar-refractivity contribution is 0.163. The Kier molecular flexibility index (Phi) is 4.42. The van der Waals surface area contributed by atoms with Crippen molar-refractivity contribution < 1.29 is 0 Å². The highest BCUT2D eigenvalue weighted by Crippen LogP contribution is 2.04. The van der Waals surface area contributed by atoms with Gasteiger partial charge in [-0.05, 0) is 20.0 Å². The van der Waals surface area contributed by atoms with Crippen molar-refractivity contribution in [2.75, 3.05) is 46.3 Å². The summed E-state index contributed by atoms with van der Waals surface area (Å²) < 4.78 is 0. The summed E-state index contributed by atoms with van der Waals surface area (Å²) >= 11 is 0. The highest BCUT2D eigenvalue weighted by Gasteiger charge is 2.13. The molecule has 0 radical (unpaired) electrons. The van der Waals surface area contributed by atoms with E-state index in [9.17, 15) is 0 Å². The van der Waals surface area contributed by atoms with E-state index in [0.717, 1.165) is 19.5 Å². The van der Waals surface area contributed by atoms with Gasteiger partial charge in [0, 0.05) is 32.7 Å². The van der Waals surface area contributed by atoms with Crippen LogP contribution in [0.2, 0.25) is 0 Å². The van der Waals surface area contributed by atoms with Gasteiger partial charge < -0.3 is 10.6 Å². The summed E-state index contributed by atoms with van der Waals surface area (Å²) in [5.74, 6) is 0. The Bertz CT molecular complexity index is 160. The Morgan fingerprint density at radius 3 is 2.46 bits per heavy atom. The lowest BCUT2D eigenvalue weighted by Gasteiger charge is -2.32. The molecule has 1 saturated heterocycles. The number of likely N-dealkylation sites (N-methyl/N-ethyl adjacent to an activating group) is 1. The van der Waals surface area contributed by atoms with Crippen molar-refractivity contribution in [3.8, 4) is 0 Å². The summed E-state index contributed by atoms with van der Waals surface area (Å²) in [7, 11) is 2.17. The van der Waals surface area contributed by atoms with E-state index in [-0.39, 0.29) is 0 Å². The molecule has 13 heavy (non-hydrogen) atoms. The van der Waals surface area contributed by atoms with Crippen molar-refractivity contribution in [2.24, 2.45) is 5.73 Å². The van der Waals surface area contributed by atoms with Crippen LogP contribution in [0.1, 0.15) is 6.42 Å². The van der Waals surface area contributed by atoms with E-state index in [0.29, 0.717) is 0 Å². The largest absolute Gasteiger partial charge is 0.330 e. The monoisotopic (exact) mass is 183 g/mol. The highest BCUT2D eigenvalue weighted by molar-refractivity contribution is 4.98. The second-order valence-corrected chi connectivity index (χ2v) is 3.87. The molecule has 3 heteroatoms. The van der Waals surface area contributed by atoms with Gasteiger partial charge in [0.15, 0.2) is 0 Å². The van der Waals surface area contributed by atoms with Gasteiger partial charge in [-0.2, -0.15) is 0 Å². The molecule has 0 aromatic carbocycles. The molecule has 0 aromatic heterocycles. The van der Waals surface area contributed by atoms with Crippen LogP contribution in [-0.2, 0) is 0 Å². The lowest BCUT2D eigenvalue weighted by atomic mass is 10.2. The molecule has 0 bridgehead atoms. The molecule has 0 spiro atoms. The Morgan fingerprint density at radius 2 is 1.92 bits per heavy atom. The number of rotatable bonds is 4. The van der Waals surface area contributed by atoms with Gasteiger partial charge in [0.2, 0.25) is 0 Å². The zero-order chi connectivity index (χ0) is 9.68. The molecule has 0 atom stereocenters. The number of nitrogens with zero attached hydrogens (tertiary/aromatic N) is 2. The maximum Gasteiger partial charge on any atom is 0.0191 e. The quantitative estimate of drug-likeness (QED) is 0.629. The van der Waals surface area contributed by atoms with Crippen LogP contribution in [0, 0.1) is 0 Å². The molecule has 1 heterocycles. The first-order chi connectivity index (χ1) is 6.22. The summed E-state index contributed by atoms with van der Waals surface area (Å²) in [6, 6.07) is 0. The highest BCUT2D eigenvalue weighted by atomic mass is 15.2. The average molecular weight is 183 g/mol. The van der Waals surface area contributed by atoms with E-state index in [2.05, 4.69) is 23.4 Å². The second kappa shape index (κ2) is 5.37. The van der Waals surface area contributed by atoms with Crippen LogP contribution >= 0.6 is 0 Å². The molecule has 0 aliphatic carbocycles. The maximum absolute atomic E-state index is 5.47. The average Bonchev–Trinajstić information content (AvgIpc) is 2.09. The summed E-state index contributed by atoms with van der Waals surface area (Å²) in [5, 5.41) is 0. The molecule has 0 aromatic rings. The smallest absolute Gasteiger partial charge is 0.0191 e. The van der Waals surface area contributed by atoms with E-state index >= 15 is 0 Å². The summed E-state index contributed by atoms with van der Waals surface area (Å²) in [6.45, 7) is 10.5. The van der Waals surface area contributed by atoms with Crippen molar-refractivity contribution in [2.45, 2.75) is 6.42 Å². The van der Waals surface area contributed by atoms with E-state index < -0.39 is 0 Å². The minimum absolute atomic E-state index is 0.729. The summed E-state index contributed by atoms with van der Waals surface area (Å²) in [4.78, 5) is 4.82. The van der Waals surface area contributed by atoms with Crippen LogP contribution in [0.4, 0.5) is 0 Å². The van der Waals surface area contributed by atoms with Crippen LogP contribution in [0.5, 0.6) is 0 Å². The van der Waals surface area contributed by atoms with Gasteiger partial charge in [0.25, 0.3) is 0 Å². The molecule has 1 aliphatic heterocycles. The van der Waals surface area contributed by atoms with Gasteiger partial charge >= 0.3 is 0 Å². The van der Waals surface area contributed by atoms with Gasteiger partial charge in [0.05, 0.1) is 0 Å². The fraction of sp³-hybridized carbons (Fsp3) is 0.800. The summed E-state index contributed by atoms with van der Waals surface area (Å²) in [6.07, 6.45) is 0.965. The third kappa shape index (κ3) is 3.89. The number of nitrogens with two attached hydrogens (primary N) is 1. The summed E-state index contributed by atoms with van der Waals surface area (Å²) in [5.41, 5.74) is 6.74. The minimum Gasteiger partial charge on any atom is -0.330 e. The first-order valence-corrected chi connectivity index (χ1v) is 5.00. The van der Waals surface area contributed by atoms with E-state index in [1.807, 2.05) is 0 Å². The fourth-order valence-corrected chi connectivity index (χ4v) is 1.61. The van der Waals surface area contributed by atoms with Gasteiger partial charge in [0.1, 0.15) is 0 Å². The molecule has 0 amide bonds. The predicted octanol–water partition coefficient (Wildman–Crippen LogP) is 0.139. The van der Waals surface area contributed by atoms with Gasteiger partial charge in [-0.25, -0.2) is 0 Å². The van der Waals surface area contributed by atoms with Crippen molar-refractivity contribution in [1.82, 2.24) is 9.80 Å². The molecule has 2 N–H and O–H groups in total. The standard InChI is InChI=1S/C10H21N3/c1-10(3-4-11)9-13-7-5-12(2)6-8-13/h1,3-9,11H2,2H3. The maximum atomic E-state index is 5.47. The van der Waals surface area contributed by atoms with Crippen LogP contribution in [0.3, 0.4) is 0 Å². The lowest BCUT2D eigenvalue weighted by Crippen LogP contribution is -2.45. The van der Waals surface area contributed by atoms with E-state index in [1.54, 1.807) is 0 Å². The molecule has 0 unspecified atom stereocenters. The molecular formula is C10H21N3. The van der Waals surface area contributed by atoms with Crippen LogP contribution in [-0.4, -0.2) is 56.1 Å². The van der Waals surface area contributed by atoms with E-state index in [4.69, 9.17) is 5.73 Å². The molecule has 1 aliphatic rings. The number of hydrogen-bond acceptors (Lipinski definition) is 3. The number of piperazine rings is 1. The van der Waals surface area contributed by atoms with Crippen LogP contribution < -0.4 is 5.73 Å². The first-order valence-electron chi connectivity index (χ1n) is 5.00. The molecular weight excluding hydrogens is 162 g/mol. The van der Waals surface area contributed by atoms with Crippen LogP contribution in [0.15, 0.2) is 12.2 Å². The van der Waals surface area contributed by atoms with Gasteiger partial charge in [-0.3, -0.25) is 4.90 Å². The Labute approximate surface area is 81.2 Å². The zero-order valence-corrected chi connectivity index (χ0v) is 8.63. The van der Waals surface area contributed by atoms with Gasteiger partial charge in [-0.15, -0.1) is 0 Å². The minimum atomic E-state index is 0.729. The Morgan fingerprint density at radius 1 is 1.31 bits per heavy atom. The topological polar surface area (TPSA) is 32.5 Å². The third-order valence-electron chi connectivity index (χ3n) is 2.54. The fourth-order valence-electron chi connectivity index (χ4n) is 1.61. The number of hydrogen-bond donors (Lipinski definition) is 1. The van der Waals surface area contributed by atoms with Crippen LogP contribution in [0.25, 0.3) is 0 Å². The third-order valence-corrected chi connectivity index (χ3v) is 2.54. The Hall–Kier alpha value is -0.380. The molecule has 3 nitrogen and oxygen atoms in total. The SMILES string of the molecule is C=C(CCN)CN1CCN(C)CC1. The second-order valence-electron chi connectivity index (χ2n) is 3.87. The van der Waals surface area contributed by atoms with Crippen molar-refractivity contribution in [1.29, 1.82) is 0 Å². The molecule has 1 rings (SSSR count). The predicted molar refractivity (Wildman–Crippen MR) is 56.7 cm³/mol. The first kappa shape index (κ1) is 10.7. The van der Waals surface area contributed by atoms with Crippen molar-refractivity contribution in [3.63, 3.8) is 0 Å². The van der Waals surface area contributed by atoms with Crippen molar-refractivity contribution >= 4 is 0 Å². The normalized spacial score (nSPS) is 20.5. The molecule has 76 valence electrons. The van der Waals surface area contributed by atoms with Gasteiger partial charge in [-0.1, -0.05) is 12.2 Å². The van der Waals surface area contributed by atoms with E-state index in [1.165, 1.54) is 31.8 Å². The Balaban J connectivity index is 2.18. The molecule has 1 fully saturated rings. The zero-order valence-electron chi connectivity index (χ0n) is 8.63. The molecule has 0 saturated carbocycles.